The van der Waals surface area contributed by atoms with Gasteiger partial charge in [-0.3, -0.25) is 0 Å². The molecule has 0 aliphatic heterocycles. The van der Waals surface area contributed by atoms with Crippen molar-refractivity contribution < 1.29 is 14.2 Å². The summed E-state index contributed by atoms with van der Waals surface area (Å²) in [6, 6.07) is 0.380. The van der Waals surface area contributed by atoms with Gasteiger partial charge in [0.1, 0.15) is 0 Å². The van der Waals surface area contributed by atoms with Gasteiger partial charge in [0.25, 0.3) is 0 Å². The van der Waals surface area contributed by atoms with Crippen molar-refractivity contribution in [3.05, 3.63) is 0 Å². The van der Waals surface area contributed by atoms with Crippen molar-refractivity contribution in [1.82, 2.24) is 5.32 Å². The Labute approximate surface area is 99.6 Å². The second-order valence-corrected chi connectivity index (χ2v) is 4.39. The molecule has 1 unspecified atom stereocenters. The lowest BCUT2D eigenvalue weighted by Gasteiger charge is -2.12. The molecule has 16 heavy (non-hydrogen) atoms. The van der Waals surface area contributed by atoms with E-state index in [1.54, 1.807) is 7.11 Å². The number of hydrogen-bond donors (Lipinski definition) is 1. The van der Waals surface area contributed by atoms with Gasteiger partial charge in [0.15, 0.2) is 0 Å². The molecule has 0 fully saturated rings. The monoisotopic (exact) mass is 233 g/mol. The molecule has 0 amide bonds. The molecule has 4 heteroatoms. The molecule has 98 valence electrons. The first-order valence-corrected chi connectivity index (χ1v) is 6.04. The van der Waals surface area contributed by atoms with Crippen LogP contribution in [-0.4, -0.2) is 52.7 Å². The maximum atomic E-state index is 5.42. The zero-order valence-electron chi connectivity index (χ0n) is 11.1. The minimum atomic E-state index is 0.380. The van der Waals surface area contributed by atoms with E-state index in [0.29, 0.717) is 25.2 Å². The molecule has 1 N–H and O–H groups in total. The second-order valence-electron chi connectivity index (χ2n) is 4.39. The van der Waals surface area contributed by atoms with Gasteiger partial charge in [-0.05, 0) is 12.8 Å². The average Bonchev–Trinajstić information content (AvgIpc) is 2.22. The number of rotatable bonds is 11. The average molecular weight is 233 g/mol. The molecule has 0 heterocycles. The molecule has 0 aliphatic carbocycles. The van der Waals surface area contributed by atoms with Crippen molar-refractivity contribution in [3.8, 4) is 0 Å². The third kappa shape index (κ3) is 11.9. The molecule has 0 radical (unpaired) electrons. The van der Waals surface area contributed by atoms with Crippen molar-refractivity contribution in [2.24, 2.45) is 5.92 Å². The normalized spacial score (nSPS) is 13.3. The predicted octanol–water partition coefficient (Wildman–Crippen LogP) is 1.30. The van der Waals surface area contributed by atoms with E-state index in [9.17, 15) is 0 Å². The van der Waals surface area contributed by atoms with E-state index in [1.165, 1.54) is 0 Å². The summed E-state index contributed by atoms with van der Waals surface area (Å²) in [5, 5.41) is 3.30. The molecule has 0 spiro atoms. The first kappa shape index (κ1) is 15.8. The summed E-state index contributed by atoms with van der Waals surface area (Å²) in [7, 11) is 1.71. The Morgan fingerprint density at radius 3 is 2.25 bits per heavy atom. The van der Waals surface area contributed by atoms with Crippen molar-refractivity contribution >= 4 is 0 Å². The molecule has 0 aromatic carbocycles. The SMILES string of the molecule is COCC(C)NCCOCCOCC(C)C. The van der Waals surface area contributed by atoms with E-state index in [4.69, 9.17) is 14.2 Å². The summed E-state index contributed by atoms with van der Waals surface area (Å²) in [5.74, 6) is 0.594. The molecular weight excluding hydrogens is 206 g/mol. The Balaban J connectivity index is 3.04. The fourth-order valence-electron chi connectivity index (χ4n) is 1.23. The molecule has 4 nitrogen and oxygen atoms in total. The summed E-state index contributed by atoms with van der Waals surface area (Å²) >= 11 is 0. The lowest BCUT2D eigenvalue weighted by Crippen LogP contribution is -2.33. The largest absolute Gasteiger partial charge is 0.383 e. The van der Waals surface area contributed by atoms with Gasteiger partial charge < -0.3 is 19.5 Å². The van der Waals surface area contributed by atoms with Crippen molar-refractivity contribution in [2.75, 3.05) is 46.7 Å². The quantitative estimate of drug-likeness (QED) is 0.546. The number of nitrogens with one attached hydrogen (secondary N) is 1. The molecule has 0 rings (SSSR count). The summed E-state index contributed by atoms with van der Waals surface area (Å²) in [4.78, 5) is 0. The minimum absolute atomic E-state index is 0.380. The van der Waals surface area contributed by atoms with Gasteiger partial charge in [-0.2, -0.15) is 0 Å². The smallest absolute Gasteiger partial charge is 0.0701 e. The fraction of sp³-hybridized carbons (Fsp3) is 1.00. The van der Waals surface area contributed by atoms with Crippen LogP contribution in [0.3, 0.4) is 0 Å². The number of hydrogen-bond acceptors (Lipinski definition) is 4. The highest BCUT2D eigenvalue weighted by molar-refractivity contribution is 4.57. The molecule has 1 atom stereocenters. The maximum Gasteiger partial charge on any atom is 0.0701 e. The third-order valence-corrected chi connectivity index (χ3v) is 1.98. The van der Waals surface area contributed by atoms with E-state index in [0.717, 1.165) is 26.4 Å². The summed E-state index contributed by atoms with van der Waals surface area (Å²) in [5.41, 5.74) is 0. The minimum Gasteiger partial charge on any atom is -0.383 e. The lowest BCUT2D eigenvalue weighted by molar-refractivity contribution is 0.0376. The van der Waals surface area contributed by atoms with Gasteiger partial charge in [-0.1, -0.05) is 13.8 Å². The molecule has 0 aliphatic rings. The fourth-order valence-corrected chi connectivity index (χ4v) is 1.23. The summed E-state index contributed by atoms with van der Waals surface area (Å²) in [6.45, 7) is 10.9. The zero-order chi connectivity index (χ0) is 12.2. The van der Waals surface area contributed by atoms with Crippen LogP contribution in [0.4, 0.5) is 0 Å². The van der Waals surface area contributed by atoms with Gasteiger partial charge in [-0.15, -0.1) is 0 Å². The Hall–Kier alpha value is -0.160. The molecular formula is C12H27NO3. The zero-order valence-corrected chi connectivity index (χ0v) is 11.1. The molecule has 0 aromatic rings. The van der Waals surface area contributed by atoms with Crippen LogP contribution in [0.15, 0.2) is 0 Å². The van der Waals surface area contributed by atoms with Gasteiger partial charge in [-0.25, -0.2) is 0 Å². The Kier molecular flexibility index (Phi) is 11.2. The van der Waals surface area contributed by atoms with E-state index in [1.807, 2.05) is 0 Å². The van der Waals surface area contributed by atoms with E-state index in [2.05, 4.69) is 26.1 Å². The Morgan fingerprint density at radius 1 is 0.938 bits per heavy atom. The van der Waals surface area contributed by atoms with E-state index >= 15 is 0 Å². The highest BCUT2D eigenvalue weighted by Crippen LogP contribution is 1.91. The topological polar surface area (TPSA) is 39.7 Å². The summed E-state index contributed by atoms with van der Waals surface area (Å²) in [6.07, 6.45) is 0. The van der Waals surface area contributed by atoms with Gasteiger partial charge in [0.2, 0.25) is 0 Å². The van der Waals surface area contributed by atoms with E-state index in [-0.39, 0.29) is 0 Å². The van der Waals surface area contributed by atoms with Crippen molar-refractivity contribution in [3.63, 3.8) is 0 Å². The standard InChI is InChI=1S/C12H27NO3/c1-11(2)9-16-8-7-15-6-5-13-12(3)10-14-4/h11-13H,5-10H2,1-4H3. The Morgan fingerprint density at radius 2 is 1.62 bits per heavy atom. The van der Waals surface area contributed by atoms with Crippen LogP contribution >= 0.6 is 0 Å². The molecule has 0 saturated carbocycles. The van der Waals surface area contributed by atoms with Gasteiger partial charge in [0, 0.05) is 26.3 Å². The van der Waals surface area contributed by atoms with Gasteiger partial charge in [0.05, 0.1) is 26.4 Å². The number of ether oxygens (including phenoxy) is 3. The van der Waals surface area contributed by atoms with Crippen LogP contribution in [0.25, 0.3) is 0 Å². The third-order valence-electron chi connectivity index (χ3n) is 1.98. The predicted molar refractivity (Wildman–Crippen MR) is 65.8 cm³/mol. The first-order valence-electron chi connectivity index (χ1n) is 6.04. The van der Waals surface area contributed by atoms with Crippen LogP contribution in [-0.2, 0) is 14.2 Å². The van der Waals surface area contributed by atoms with Crippen LogP contribution in [0.2, 0.25) is 0 Å². The lowest BCUT2D eigenvalue weighted by atomic mass is 10.2. The summed E-state index contributed by atoms with van der Waals surface area (Å²) < 4.78 is 15.8. The van der Waals surface area contributed by atoms with Crippen molar-refractivity contribution in [2.45, 2.75) is 26.8 Å². The molecule has 0 saturated heterocycles. The highest BCUT2D eigenvalue weighted by atomic mass is 16.5. The Bertz CT molecular complexity index is 142. The van der Waals surface area contributed by atoms with Crippen LogP contribution in [0, 0.1) is 5.92 Å². The molecule has 0 bridgehead atoms. The second kappa shape index (κ2) is 11.3. The van der Waals surface area contributed by atoms with E-state index < -0.39 is 0 Å². The maximum absolute atomic E-state index is 5.42. The molecule has 0 aromatic heterocycles. The van der Waals surface area contributed by atoms with Crippen LogP contribution in [0.5, 0.6) is 0 Å². The highest BCUT2D eigenvalue weighted by Gasteiger charge is 1.98. The van der Waals surface area contributed by atoms with Crippen LogP contribution < -0.4 is 5.32 Å². The first-order chi connectivity index (χ1) is 7.66. The van der Waals surface area contributed by atoms with Crippen LogP contribution in [0.1, 0.15) is 20.8 Å². The number of methoxy groups -OCH3 is 1. The van der Waals surface area contributed by atoms with Gasteiger partial charge >= 0.3 is 0 Å². The van der Waals surface area contributed by atoms with Crippen molar-refractivity contribution in [1.29, 1.82) is 0 Å².